The van der Waals surface area contributed by atoms with Gasteiger partial charge in [-0.05, 0) is 24.3 Å². The molecular formula is C14H11N5O2. The maximum atomic E-state index is 11.5. The van der Waals surface area contributed by atoms with Gasteiger partial charge in [-0.2, -0.15) is 5.10 Å². The van der Waals surface area contributed by atoms with Crippen molar-refractivity contribution in [3.8, 4) is 22.8 Å². The third kappa shape index (κ3) is 2.62. The minimum atomic E-state index is -0.498. The van der Waals surface area contributed by atoms with E-state index in [0.717, 1.165) is 5.56 Å². The number of nitrogens with zero attached hydrogens (tertiary/aromatic N) is 4. The van der Waals surface area contributed by atoms with Crippen molar-refractivity contribution in [2.24, 2.45) is 0 Å². The number of aromatic amines is 1. The average molecular weight is 281 g/mol. The summed E-state index contributed by atoms with van der Waals surface area (Å²) < 4.78 is 4.64. The summed E-state index contributed by atoms with van der Waals surface area (Å²) in [4.78, 5) is 23.8. The summed E-state index contributed by atoms with van der Waals surface area (Å²) in [6, 6.07) is 6.98. The molecule has 0 spiro atoms. The van der Waals surface area contributed by atoms with Crippen LogP contribution >= 0.6 is 0 Å². The molecule has 0 aromatic carbocycles. The number of hydrogen-bond donors (Lipinski definition) is 1. The van der Waals surface area contributed by atoms with Crippen LogP contribution in [0.1, 0.15) is 10.5 Å². The molecule has 0 amide bonds. The molecule has 0 aliphatic heterocycles. The molecule has 3 aromatic rings. The highest BCUT2D eigenvalue weighted by atomic mass is 16.5. The van der Waals surface area contributed by atoms with Crippen LogP contribution in [0, 0.1) is 0 Å². The molecule has 7 nitrogen and oxygen atoms in total. The van der Waals surface area contributed by atoms with Gasteiger partial charge in [-0.1, -0.05) is 0 Å². The van der Waals surface area contributed by atoms with Gasteiger partial charge in [0.15, 0.2) is 11.6 Å². The SMILES string of the molecule is COC(=O)c1cc(-c2n[nH]c(-c3ccncc3)n2)ccn1. The van der Waals surface area contributed by atoms with Crippen molar-refractivity contribution < 1.29 is 9.53 Å². The second-order valence-electron chi connectivity index (χ2n) is 4.16. The first-order valence-electron chi connectivity index (χ1n) is 6.15. The molecule has 1 N–H and O–H groups in total. The van der Waals surface area contributed by atoms with E-state index >= 15 is 0 Å². The van der Waals surface area contributed by atoms with Crippen LogP contribution in [0.25, 0.3) is 22.8 Å². The first-order valence-corrected chi connectivity index (χ1v) is 6.15. The highest BCUT2D eigenvalue weighted by Gasteiger charge is 2.12. The molecule has 0 aliphatic carbocycles. The van der Waals surface area contributed by atoms with Crippen LogP contribution in [0.5, 0.6) is 0 Å². The Morgan fingerprint density at radius 3 is 2.67 bits per heavy atom. The molecule has 0 unspecified atom stereocenters. The first-order chi connectivity index (χ1) is 10.3. The Labute approximate surface area is 120 Å². The van der Waals surface area contributed by atoms with Gasteiger partial charge < -0.3 is 4.74 Å². The van der Waals surface area contributed by atoms with E-state index in [0.29, 0.717) is 17.2 Å². The monoisotopic (exact) mass is 281 g/mol. The molecule has 0 radical (unpaired) electrons. The van der Waals surface area contributed by atoms with Gasteiger partial charge in [-0.3, -0.25) is 10.1 Å². The Kier molecular flexibility index (Phi) is 3.38. The normalized spacial score (nSPS) is 10.3. The van der Waals surface area contributed by atoms with Gasteiger partial charge >= 0.3 is 5.97 Å². The molecule has 104 valence electrons. The Balaban J connectivity index is 1.95. The second-order valence-corrected chi connectivity index (χ2v) is 4.16. The largest absolute Gasteiger partial charge is 0.464 e. The quantitative estimate of drug-likeness (QED) is 0.734. The van der Waals surface area contributed by atoms with Gasteiger partial charge in [0, 0.05) is 29.7 Å². The number of ether oxygens (including phenoxy) is 1. The number of H-pyrrole nitrogens is 1. The summed E-state index contributed by atoms with van der Waals surface area (Å²) in [6.07, 6.45) is 4.88. The van der Waals surface area contributed by atoms with Crippen molar-refractivity contribution in [3.05, 3.63) is 48.5 Å². The van der Waals surface area contributed by atoms with Crippen LogP contribution in [0.2, 0.25) is 0 Å². The standard InChI is InChI=1S/C14H11N5O2/c1-21-14(20)11-8-10(4-7-16-11)13-17-12(18-19-13)9-2-5-15-6-3-9/h2-8H,1H3,(H,17,18,19). The molecule has 3 aromatic heterocycles. The summed E-state index contributed by atoms with van der Waals surface area (Å²) in [5, 5.41) is 7.01. The van der Waals surface area contributed by atoms with E-state index in [1.54, 1.807) is 24.5 Å². The zero-order chi connectivity index (χ0) is 14.7. The highest BCUT2D eigenvalue weighted by molar-refractivity contribution is 5.88. The number of nitrogens with one attached hydrogen (secondary N) is 1. The lowest BCUT2D eigenvalue weighted by Gasteiger charge is -1.99. The molecule has 0 aliphatic rings. The van der Waals surface area contributed by atoms with Crippen molar-refractivity contribution in [2.45, 2.75) is 0 Å². The minimum absolute atomic E-state index is 0.213. The molecular weight excluding hydrogens is 270 g/mol. The summed E-state index contributed by atoms with van der Waals surface area (Å²) in [6.45, 7) is 0. The minimum Gasteiger partial charge on any atom is -0.464 e. The second kappa shape index (κ2) is 5.49. The van der Waals surface area contributed by atoms with E-state index in [1.165, 1.54) is 13.3 Å². The van der Waals surface area contributed by atoms with Crippen molar-refractivity contribution in [1.29, 1.82) is 0 Å². The number of carbonyl (C=O) groups excluding carboxylic acids is 1. The topological polar surface area (TPSA) is 93.7 Å². The summed E-state index contributed by atoms with van der Waals surface area (Å²) in [5.74, 6) is 0.611. The maximum absolute atomic E-state index is 11.5. The van der Waals surface area contributed by atoms with Gasteiger partial charge in [0.05, 0.1) is 7.11 Å². The fraction of sp³-hybridized carbons (Fsp3) is 0.0714. The molecule has 0 atom stereocenters. The van der Waals surface area contributed by atoms with Crippen LogP contribution in [0.15, 0.2) is 42.9 Å². The summed E-state index contributed by atoms with van der Waals surface area (Å²) >= 11 is 0. The number of carbonyl (C=O) groups is 1. The lowest BCUT2D eigenvalue weighted by molar-refractivity contribution is 0.0594. The van der Waals surface area contributed by atoms with E-state index in [9.17, 15) is 4.79 Å². The van der Waals surface area contributed by atoms with Crippen molar-refractivity contribution in [2.75, 3.05) is 7.11 Å². The Hall–Kier alpha value is -3.09. The zero-order valence-electron chi connectivity index (χ0n) is 11.1. The van der Waals surface area contributed by atoms with Crippen molar-refractivity contribution in [3.63, 3.8) is 0 Å². The number of pyridine rings is 2. The molecule has 0 bridgehead atoms. The molecule has 21 heavy (non-hydrogen) atoms. The number of hydrogen-bond acceptors (Lipinski definition) is 6. The number of methoxy groups -OCH3 is 1. The molecule has 0 fully saturated rings. The van der Waals surface area contributed by atoms with E-state index in [1.807, 2.05) is 12.1 Å². The van der Waals surface area contributed by atoms with Gasteiger partial charge in [-0.15, -0.1) is 0 Å². The zero-order valence-corrected chi connectivity index (χ0v) is 11.1. The smallest absolute Gasteiger partial charge is 0.356 e. The average Bonchev–Trinajstić information content (AvgIpc) is 3.05. The fourth-order valence-electron chi connectivity index (χ4n) is 1.82. The Bertz CT molecular complexity index is 770. The van der Waals surface area contributed by atoms with Crippen LogP contribution < -0.4 is 0 Å². The van der Waals surface area contributed by atoms with E-state index in [-0.39, 0.29) is 5.69 Å². The van der Waals surface area contributed by atoms with Crippen LogP contribution in [0.4, 0.5) is 0 Å². The van der Waals surface area contributed by atoms with E-state index in [4.69, 9.17) is 0 Å². The summed E-state index contributed by atoms with van der Waals surface area (Å²) in [5.41, 5.74) is 1.78. The fourth-order valence-corrected chi connectivity index (χ4v) is 1.82. The van der Waals surface area contributed by atoms with E-state index in [2.05, 4.69) is 29.9 Å². The number of aromatic nitrogens is 5. The van der Waals surface area contributed by atoms with Crippen LogP contribution in [-0.2, 0) is 4.74 Å². The maximum Gasteiger partial charge on any atom is 0.356 e. The molecule has 0 saturated heterocycles. The molecule has 7 heteroatoms. The van der Waals surface area contributed by atoms with E-state index < -0.39 is 5.97 Å². The predicted molar refractivity (Wildman–Crippen MR) is 74.2 cm³/mol. The summed E-state index contributed by atoms with van der Waals surface area (Å²) in [7, 11) is 1.31. The Morgan fingerprint density at radius 2 is 1.90 bits per heavy atom. The van der Waals surface area contributed by atoms with Gasteiger partial charge in [0.2, 0.25) is 0 Å². The lowest BCUT2D eigenvalue weighted by Crippen LogP contribution is -2.03. The third-order valence-electron chi connectivity index (χ3n) is 2.85. The molecule has 3 rings (SSSR count). The lowest BCUT2D eigenvalue weighted by atomic mass is 10.2. The van der Waals surface area contributed by atoms with Gasteiger partial charge in [-0.25, -0.2) is 14.8 Å². The molecule has 3 heterocycles. The predicted octanol–water partition coefficient (Wildman–Crippen LogP) is 1.72. The highest BCUT2D eigenvalue weighted by Crippen LogP contribution is 2.19. The Morgan fingerprint density at radius 1 is 1.14 bits per heavy atom. The third-order valence-corrected chi connectivity index (χ3v) is 2.85. The first kappa shape index (κ1) is 12.9. The number of rotatable bonds is 3. The van der Waals surface area contributed by atoms with Gasteiger partial charge in [0.1, 0.15) is 5.69 Å². The van der Waals surface area contributed by atoms with Crippen LogP contribution in [0.3, 0.4) is 0 Å². The van der Waals surface area contributed by atoms with Crippen LogP contribution in [-0.4, -0.2) is 38.2 Å². The molecule has 0 saturated carbocycles. The van der Waals surface area contributed by atoms with Crippen molar-refractivity contribution in [1.82, 2.24) is 25.1 Å². The van der Waals surface area contributed by atoms with Crippen molar-refractivity contribution >= 4 is 5.97 Å². The van der Waals surface area contributed by atoms with Gasteiger partial charge in [0.25, 0.3) is 0 Å². The number of esters is 1.